The second-order valence-corrected chi connectivity index (χ2v) is 8.45. The maximum atomic E-state index is 13.2. The second-order valence-electron chi connectivity index (χ2n) is 6.56. The highest BCUT2D eigenvalue weighted by Crippen LogP contribution is 2.26. The van der Waals surface area contributed by atoms with Gasteiger partial charge in [0.15, 0.2) is 0 Å². The van der Waals surface area contributed by atoms with Crippen molar-refractivity contribution in [3.63, 3.8) is 0 Å². The summed E-state index contributed by atoms with van der Waals surface area (Å²) >= 11 is 0. The van der Waals surface area contributed by atoms with Crippen LogP contribution in [0, 0.1) is 5.82 Å². The highest BCUT2D eigenvalue weighted by atomic mass is 32.2. The normalized spacial score (nSPS) is 18.6. The number of nitrogens with zero attached hydrogens (tertiary/aromatic N) is 1. The maximum absolute atomic E-state index is 13.2. The van der Waals surface area contributed by atoms with E-state index in [-0.39, 0.29) is 25.0 Å². The van der Waals surface area contributed by atoms with Crippen LogP contribution in [-0.4, -0.2) is 45.1 Å². The van der Waals surface area contributed by atoms with Gasteiger partial charge in [0.1, 0.15) is 18.2 Å². The van der Waals surface area contributed by atoms with Crippen molar-refractivity contribution in [2.75, 3.05) is 26.4 Å². The summed E-state index contributed by atoms with van der Waals surface area (Å²) in [6, 6.07) is 5.56. The molecule has 0 amide bonds. The lowest BCUT2D eigenvalue weighted by Gasteiger charge is -2.33. The number of hydrogen-bond donors (Lipinski definition) is 0. The van der Waals surface area contributed by atoms with E-state index >= 15 is 0 Å². The summed E-state index contributed by atoms with van der Waals surface area (Å²) in [7, 11) is -3.64. The van der Waals surface area contributed by atoms with Gasteiger partial charge in [-0.15, -0.1) is 0 Å². The first kappa shape index (κ1) is 19.8. The van der Waals surface area contributed by atoms with Gasteiger partial charge >= 0.3 is 0 Å². The molecule has 3 rings (SSSR count). The van der Waals surface area contributed by atoms with Crippen LogP contribution in [0.15, 0.2) is 59.6 Å². The zero-order chi connectivity index (χ0) is 19.3. The van der Waals surface area contributed by atoms with E-state index < -0.39 is 10.0 Å². The highest BCUT2D eigenvalue weighted by Gasteiger charge is 2.33. The van der Waals surface area contributed by atoms with Crippen LogP contribution in [-0.2, 0) is 14.8 Å². The third-order valence-electron chi connectivity index (χ3n) is 4.65. The maximum Gasteiger partial charge on any atom is 0.243 e. The standard InChI is InChI=1S/C20H24FNO4S/c1-16-2-8-20(9-3-16)27(23,24)22(18-10-13-25-14-11-18)12-15-26-19-6-4-17(21)5-7-19/h2,4-9,18H,1,3,10-15H2. The topological polar surface area (TPSA) is 55.8 Å². The monoisotopic (exact) mass is 393 g/mol. The molecule has 2 aliphatic rings. The van der Waals surface area contributed by atoms with Crippen molar-refractivity contribution in [1.29, 1.82) is 0 Å². The molecule has 0 spiro atoms. The Kier molecular flexibility index (Phi) is 6.46. The summed E-state index contributed by atoms with van der Waals surface area (Å²) in [5.74, 6) is 0.167. The zero-order valence-electron chi connectivity index (χ0n) is 15.1. The molecule has 7 heteroatoms. The van der Waals surface area contributed by atoms with Crippen LogP contribution < -0.4 is 4.74 Å². The van der Waals surface area contributed by atoms with Crippen molar-refractivity contribution in [3.8, 4) is 5.75 Å². The Morgan fingerprint density at radius 3 is 2.52 bits per heavy atom. The van der Waals surface area contributed by atoms with Crippen LogP contribution in [0.2, 0.25) is 0 Å². The zero-order valence-corrected chi connectivity index (χ0v) is 16.0. The van der Waals surface area contributed by atoms with Gasteiger partial charge in [0.05, 0.1) is 4.91 Å². The van der Waals surface area contributed by atoms with Gasteiger partial charge in [0, 0.05) is 25.8 Å². The molecule has 0 saturated carbocycles. The minimum atomic E-state index is -3.64. The molecule has 1 aliphatic heterocycles. The van der Waals surface area contributed by atoms with Crippen molar-refractivity contribution in [2.45, 2.75) is 25.3 Å². The molecule has 1 fully saturated rings. The van der Waals surface area contributed by atoms with Gasteiger partial charge in [-0.3, -0.25) is 0 Å². The highest BCUT2D eigenvalue weighted by molar-refractivity contribution is 7.93. The summed E-state index contributed by atoms with van der Waals surface area (Å²) in [5, 5.41) is 0. The second kappa shape index (κ2) is 8.82. The lowest BCUT2D eigenvalue weighted by Crippen LogP contribution is -2.45. The Bertz CT molecular complexity index is 824. The van der Waals surface area contributed by atoms with Gasteiger partial charge in [-0.1, -0.05) is 24.3 Å². The van der Waals surface area contributed by atoms with Gasteiger partial charge in [-0.2, -0.15) is 4.31 Å². The summed E-state index contributed by atoms with van der Waals surface area (Å²) in [6.45, 7) is 5.34. The Labute approximate surface area is 159 Å². The lowest BCUT2D eigenvalue weighted by atomic mass is 10.1. The van der Waals surface area contributed by atoms with E-state index in [1.54, 1.807) is 18.2 Å². The smallest absolute Gasteiger partial charge is 0.243 e. The summed E-state index contributed by atoms with van der Waals surface area (Å²) < 4.78 is 51.9. The average molecular weight is 393 g/mol. The average Bonchev–Trinajstić information content (AvgIpc) is 2.67. The minimum Gasteiger partial charge on any atom is -0.492 e. The van der Waals surface area contributed by atoms with Crippen LogP contribution in [0.5, 0.6) is 5.75 Å². The molecule has 0 atom stereocenters. The lowest BCUT2D eigenvalue weighted by molar-refractivity contribution is 0.0560. The molecule has 0 N–H and O–H groups in total. The quantitative estimate of drug-likeness (QED) is 0.712. The van der Waals surface area contributed by atoms with Crippen LogP contribution >= 0.6 is 0 Å². The number of rotatable bonds is 7. The Morgan fingerprint density at radius 2 is 1.89 bits per heavy atom. The first-order valence-corrected chi connectivity index (χ1v) is 10.4. The summed E-state index contributed by atoms with van der Waals surface area (Å²) in [6.07, 6.45) is 6.88. The number of sulfonamides is 1. The van der Waals surface area contributed by atoms with E-state index in [0.29, 0.717) is 43.1 Å². The van der Waals surface area contributed by atoms with Crippen LogP contribution in [0.1, 0.15) is 19.3 Å². The Morgan fingerprint density at radius 1 is 1.19 bits per heavy atom. The van der Waals surface area contributed by atoms with E-state index in [4.69, 9.17) is 9.47 Å². The van der Waals surface area contributed by atoms with Crippen molar-refractivity contribution in [3.05, 3.63) is 65.4 Å². The Hall–Kier alpha value is -1.96. The SMILES string of the molecule is C=C1C=CC(S(=O)(=O)N(CCOc2ccc(F)cc2)C2CCOCC2)=CC1. The van der Waals surface area contributed by atoms with Gasteiger partial charge < -0.3 is 9.47 Å². The van der Waals surface area contributed by atoms with Gasteiger partial charge in [-0.25, -0.2) is 12.8 Å². The first-order chi connectivity index (χ1) is 13.0. The van der Waals surface area contributed by atoms with Crippen molar-refractivity contribution in [1.82, 2.24) is 4.31 Å². The number of ether oxygens (including phenoxy) is 2. The molecule has 0 unspecified atom stereocenters. The van der Waals surface area contributed by atoms with Gasteiger partial charge in [0.2, 0.25) is 10.0 Å². The van der Waals surface area contributed by atoms with E-state index in [1.807, 2.05) is 0 Å². The summed E-state index contributed by atoms with van der Waals surface area (Å²) in [5.41, 5.74) is 0.881. The fourth-order valence-electron chi connectivity index (χ4n) is 3.15. The molecular weight excluding hydrogens is 369 g/mol. The fraction of sp³-hybridized carbons (Fsp3) is 0.400. The first-order valence-electron chi connectivity index (χ1n) is 9.01. The largest absolute Gasteiger partial charge is 0.492 e. The minimum absolute atomic E-state index is 0.125. The molecule has 146 valence electrons. The molecule has 1 saturated heterocycles. The van der Waals surface area contributed by atoms with E-state index in [9.17, 15) is 12.8 Å². The molecule has 5 nitrogen and oxygen atoms in total. The van der Waals surface area contributed by atoms with E-state index in [2.05, 4.69) is 6.58 Å². The molecular formula is C20H24FNO4S. The molecule has 1 aromatic rings. The third-order valence-corrected chi connectivity index (χ3v) is 6.64. The van der Waals surface area contributed by atoms with Gasteiger partial charge in [-0.05, 0) is 49.6 Å². The van der Waals surface area contributed by atoms with Crippen LogP contribution in [0.25, 0.3) is 0 Å². The molecule has 0 aromatic heterocycles. The van der Waals surface area contributed by atoms with Crippen molar-refractivity contribution >= 4 is 10.0 Å². The third kappa shape index (κ3) is 5.06. The van der Waals surface area contributed by atoms with Crippen LogP contribution in [0.4, 0.5) is 4.39 Å². The number of halogens is 1. The molecule has 0 radical (unpaired) electrons. The van der Waals surface area contributed by atoms with Crippen LogP contribution in [0.3, 0.4) is 0 Å². The van der Waals surface area contributed by atoms with E-state index in [1.165, 1.54) is 28.6 Å². The predicted molar refractivity (Wildman–Crippen MR) is 102 cm³/mol. The molecule has 1 heterocycles. The van der Waals surface area contributed by atoms with Gasteiger partial charge in [0.25, 0.3) is 0 Å². The Balaban J connectivity index is 1.73. The van der Waals surface area contributed by atoms with Crippen molar-refractivity contribution < 1.29 is 22.3 Å². The molecule has 0 bridgehead atoms. The summed E-state index contributed by atoms with van der Waals surface area (Å²) in [4.78, 5) is 0.295. The molecule has 1 aromatic carbocycles. The fourth-order valence-corrected chi connectivity index (χ4v) is 4.87. The predicted octanol–water partition coefficient (Wildman–Crippen LogP) is 3.42. The molecule has 1 aliphatic carbocycles. The van der Waals surface area contributed by atoms with Crippen molar-refractivity contribution in [2.24, 2.45) is 0 Å². The van der Waals surface area contributed by atoms with E-state index in [0.717, 1.165) is 5.57 Å². The number of hydrogen-bond acceptors (Lipinski definition) is 4. The number of benzene rings is 1. The number of allylic oxidation sites excluding steroid dienone is 4. The molecule has 27 heavy (non-hydrogen) atoms.